The zero-order chi connectivity index (χ0) is 15.6. The zero-order valence-corrected chi connectivity index (χ0v) is 13.6. The minimum atomic E-state index is -0.368. The van der Waals surface area contributed by atoms with Gasteiger partial charge in [0.05, 0.1) is 23.8 Å². The normalized spacial score (nSPS) is 10.2. The molecule has 108 valence electrons. The average molecular weight is 348 g/mol. The van der Waals surface area contributed by atoms with Crippen molar-refractivity contribution in [1.82, 2.24) is 9.78 Å². The fourth-order valence-electron chi connectivity index (χ4n) is 1.99. The van der Waals surface area contributed by atoms with Gasteiger partial charge in [-0.05, 0) is 53.0 Å². The van der Waals surface area contributed by atoms with E-state index in [-0.39, 0.29) is 11.1 Å². The molecule has 0 N–H and O–H groups in total. The first-order valence-corrected chi connectivity index (χ1v) is 7.08. The van der Waals surface area contributed by atoms with Crippen LogP contribution in [0.5, 0.6) is 5.75 Å². The zero-order valence-electron chi connectivity index (χ0n) is 12.0. The minimum absolute atomic E-state index is 0.148. The van der Waals surface area contributed by atoms with E-state index >= 15 is 0 Å². The molecule has 0 aliphatic rings. The Bertz CT molecular complexity index is 791. The Hall–Kier alpha value is -2.13. The second-order valence-electron chi connectivity index (χ2n) is 4.63. The maximum atomic E-state index is 12.2. The summed E-state index contributed by atoms with van der Waals surface area (Å²) in [6.45, 7) is 3.82. The van der Waals surface area contributed by atoms with E-state index in [9.17, 15) is 4.79 Å². The molecule has 0 amide bonds. The summed E-state index contributed by atoms with van der Waals surface area (Å²) in [5.41, 5.74) is 1.99. The summed E-state index contributed by atoms with van der Waals surface area (Å²) in [7, 11) is 1.59. The molecule has 1 aromatic carbocycles. The lowest BCUT2D eigenvalue weighted by Gasteiger charge is -2.10. The highest BCUT2D eigenvalue weighted by Crippen LogP contribution is 2.25. The second-order valence-corrected chi connectivity index (χ2v) is 5.48. The second kappa shape index (κ2) is 6.10. The van der Waals surface area contributed by atoms with Crippen LogP contribution in [0.2, 0.25) is 0 Å². The number of rotatable bonds is 3. The van der Waals surface area contributed by atoms with Crippen LogP contribution in [0.4, 0.5) is 0 Å². The number of aromatic nitrogens is 2. The largest absolute Gasteiger partial charge is 0.496 e. The number of hydrogen-bond donors (Lipinski definition) is 0. The number of nitrogens with zero attached hydrogens (tertiary/aromatic N) is 3. The van der Waals surface area contributed by atoms with E-state index in [0.717, 1.165) is 15.8 Å². The van der Waals surface area contributed by atoms with Gasteiger partial charge < -0.3 is 4.74 Å². The lowest BCUT2D eigenvalue weighted by molar-refractivity contribution is 0.412. The third-order valence-corrected chi connectivity index (χ3v) is 3.92. The molecule has 6 heteroatoms. The summed E-state index contributed by atoms with van der Waals surface area (Å²) >= 11 is 3.41. The van der Waals surface area contributed by atoms with Crippen LogP contribution in [0, 0.1) is 25.2 Å². The molecule has 2 aromatic rings. The molecule has 0 saturated heterocycles. The Morgan fingerprint density at radius 3 is 2.71 bits per heavy atom. The molecule has 0 aliphatic heterocycles. The van der Waals surface area contributed by atoms with Crippen LogP contribution in [-0.4, -0.2) is 16.9 Å². The van der Waals surface area contributed by atoms with E-state index in [2.05, 4.69) is 21.0 Å². The number of hydrogen-bond acceptors (Lipinski definition) is 4. The molecule has 0 bridgehead atoms. The van der Waals surface area contributed by atoms with Gasteiger partial charge >= 0.3 is 0 Å². The summed E-state index contributed by atoms with van der Waals surface area (Å²) in [5.74, 6) is 0.719. The number of benzene rings is 1. The molecule has 0 spiro atoms. The SMILES string of the molecule is COc1ccc(Cn2nc(C)c(C)c(C#N)c2=O)cc1Br. The summed E-state index contributed by atoms with van der Waals surface area (Å²) in [4.78, 5) is 12.2. The topological polar surface area (TPSA) is 67.9 Å². The first kappa shape index (κ1) is 15.3. The molecular weight excluding hydrogens is 334 g/mol. The summed E-state index contributed by atoms with van der Waals surface area (Å²) in [6, 6.07) is 7.50. The Morgan fingerprint density at radius 2 is 2.14 bits per heavy atom. The van der Waals surface area contributed by atoms with E-state index in [4.69, 9.17) is 10.00 Å². The van der Waals surface area contributed by atoms with Gasteiger partial charge in [0.2, 0.25) is 0 Å². The van der Waals surface area contributed by atoms with E-state index in [1.165, 1.54) is 4.68 Å². The van der Waals surface area contributed by atoms with Gasteiger partial charge in [0.1, 0.15) is 17.4 Å². The summed E-state index contributed by atoms with van der Waals surface area (Å²) in [5, 5.41) is 13.4. The molecule has 0 unspecified atom stereocenters. The van der Waals surface area contributed by atoms with Gasteiger partial charge in [-0.15, -0.1) is 0 Å². The molecule has 2 rings (SSSR count). The maximum Gasteiger partial charge on any atom is 0.285 e. The molecule has 1 heterocycles. The monoisotopic (exact) mass is 347 g/mol. The van der Waals surface area contributed by atoms with Gasteiger partial charge in [-0.3, -0.25) is 4.79 Å². The van der Waals surface area contributed by atoms with E-state index in [1.807, 2.05) is 24.3 Å². The highest BCUT2D eigenvalue weighted by molar-refractivity contribution is 9.10. The molecule has 0 atom stereocenters. The van der Waals surface area contributed by atoms with Crippen molar-refractivity contribution in [2.24, 2.45) is 0 Å². The van der Waals surface area contributed by atoms with Crippen molar-refractivity contribution in [3.8, 4) is 11.8 Å². The van der Waals surface area contributed by atoms with Crippen LogP contribution in [-0.2, 0) is 6.54 Å². The smallest absolute Gasteiger partial charge is 0.285 e. The minimum Gasteiger partial charge on any atom is -0.496 e. The maximum absolute atomic E-state index is 12.2. The standard InChI is InChI=1S/C15H14BrN3O2/c1-9-10(2)18-19(15(20)12(9)7-17)8-11-4-5-14(21-3)13(16)6-11/h4-6H,8H2,1-3H3. The molecule has 21 heavy (non-hydrogen) atoms. The van der Waals surface area contributed by atoms with Gasteiger partial charge in [-0.2, -0.15) is 10.4 Å². The Balaban J connectivity index is 2.46. The first-order chi connectivity index (χ1) is 9.97. The highest BCUT2D eigenvalue weighted by Gasteiger charge is 2.12. The van der Waals surface area contributed by atoms with Gasteiger partial charge in [0, 0.05) is 0 Å². The van der Waals surface area contributed by atoms with Crippen LogP contribution in [0.3, 0.4) is 0 Å². The van der Waals surface area contributed by atoms with E-state index < -0.39 is 0 Å². The van der Waals surface area contributed by atoms with Gasteiger partial charge in [0.25, 0.3) is 5.56 Å². The Morgan fingerprint density at radius 1 is 1.43 bits per heavy atom. The van der Waals surface area contributed by atoms with Crippen LogP contribution >= 0.6 is 15.9 Å². The van der Waals surface area contributed by atoms with Crippen molar-refractivity contribution < 1.29 is 4.74 Å². The molecule has 0 saturated carbocycles. The number of ether oxygens (including phenoxy) is 1. The van der Waals surface area contributed by atoms with Crippen molar-refractivity contribution in [1.29, 1.82) is 5.26 Å². The quantitative estimate of drug-likeness (QED) is 0.855. The molecule has 0 fully saturated rings. The fraction of sp³-hybridized carbons (Fsp3) is 0.267. The molecular formula is C15H14BrN3O2. The Labute approximate surface area is 130 Å². The van der Waals surface area contributed by atoms with Crippen molar-refractivity contribution >= 4 is 15.9 Å². The Kier molecular flexibility index (Phi) is 4.43. The average Bonchev–Trinajstić information content (AvgIpc) is 2.45. The van der Waals surface area contributed by atoms with Crippen LogP contribution in [0.1, 0.15) is 22.4 Å². The fourth-order valence-corrected chi connectivity index (χ4v) is 2.58. The molecule has 1 aromatic heterocycles. The van der Waals surface area contributed by atoms with Crippen LogP contribution in [0.25, 0.3) is 0 Å². The third-order valence-electron chi connectivity index (χ3n) is 3.30. The van der Waals surface area contributed by atoms with Crippen molar-refractivity contribution in [2.45, 2.75) is 20.4 Å². The predicted octanol–water partition coefficient (Wildman–Crippen LogP) is 2.55. The van der Waals surface area contributed by atoms with Gasteiger partial charge in [-0.25, -0.2) is 4.68 Å². The lowest BCUT2D eigenvalue weighted by atomic mass is 10.1. The predicted molar refractivity (Wildman–Crippen MR) is 82.5 cm³/mol. The van der Waals surface area contributed by atoms with Crippen LogP contribution < -0.4 is 10.3 Å². The third kappa shape index (κ3) is 2.98. The highest BCUT2D eigenvalue weighted by atomic mass is 79.9. The van der Waals surface area contributed by atoms with Gasteiger partial charge in [-0.1, -0.05) is 6.07 Å². The van der Waals surface area contributed by atoms with Crippen molar-refractivity contribution in [2.75, 3.05) is 7.11 Å². The first-order valence-electron chi connectivity index (χ1n) is 6.28. The number of nitriles is 1. The van der Waals surface area contributed by atoms with Crippen molar-refractivity contribution in [3.05, 3.63) is 55.4 Å². The van der Waals surface area contributed by atoms with E-state index in [1.54, 1.807) is 21.0 Å². The number of halogens is 1. The van der Waals surface area contributed by atoms with Crippen molar-refractivity contribution in [3.63, 3.8) is 0 Å². The molecule has 0 aliphatic carbocycles. The van der Waals surface area contributed by atoms with Gasteiger partial charge in [0.15, 0.2) is 0 Å². The summed E-state index contributed by atoms with van der Waals surface area (Å²) < 4.78 is 7.29. The van der Waals surface area contributed by atoms with E-state index in [0.29, 0.717) is 17.8 Å². The number of methoxy groups -OCH3 is 1. The number of aryl methyl sites for hydroxylation is 1. The summed E-state index contributed by atoms with van der Waals surface area (Å²) in [6.07, 6.45) is 0. The van der Waals surface area contributed by atoms with Crippen LogP contribution in [0.15, 0.2) is 27.5 Å². The molecule has 0 radical (unpaired) electrons. The lowest BCUT2D eigenvalue weighted by Crippen LogP contribution is -2.28. The molecule has 5 nitrogen and oxygen atoms in total.